The van der Waals surface area contributed by atoms with E-state index < -0.39 is 12.1 Å². The molecule has 0 aromatic rings. The maximum Gasteiger partial charge on any atom is 0.305 e. The second kappa shape index (κ2) is 50.7. The van der Waals surface area contributed by atoms with Crippen LogP contribution in [0.4, 0.5) is 0 Å². The molecule has 0 aliphatic rings. The minimum Gasteiger partial charge on any atom is -0.466 e. The van der Waals surface area contributed by atoms with Gasteiger partial charge in [0.25, 0.3) is 0 Å². The zero-order valence-corrected chi connectivity index (χ0v) is 40.6. The lowest BCUT2D eigenvalue weighted by Crippen LogP contribution is -2.45. The van der Waals surface area contributed by atoms with Crippen LogP contribution in [-0.2, 0) is 14.3 Å². The Kier molecular flexibility index (Phi) is 49.1. The number of amides is 1. The molecule has 0 fully saturated rings. The Bertz CT molecular complexity index is 993. The van der Waals surface area contributed by atoms with Crippen LogP contribution in [0.1, 0.15) is 277 Å². The number of unbranched alkanes of at least 4 members (excludes halogenated alkanes) is 34. The van der Waals surface area contributed by atoms with E-state index in [-0.39, 0.29) is 18.5 Å². The fourth-order valence-electron chi connectivity index (χ4n) is 7.97. The first-order valence-corrected chi connectivity index (χ1v) is 26.8. The van der Waals surface area contributed by atoms with Crippen molar-refractivity contribution in [3.8, 4) is 0 Å². The van der Waals surface area contributed by atoms with Crippen LogP contribution in [0.5, 0.6) is 0 Å². The zero-order valence-electron chi connectivity index (χ0n) is 40.6. The fourth-order valence-corrected chi connectivity index (χ4v) is 7.97. The predicted octanol–water partition coefficient (Wildman–Crippen LogP) is 16.1. The molecule has 61 heavy (non-hydrogen) atoms. The molecule has 0 bridgehead atoms. The summed E-state index contributed by atoms with van der Waals surface area (Å²) < 4.78 is 5.47. The summed E-state index contributed by atoms with van der Waals surface area (Å²) in [7, 11) is 0. The van der Waals surface area contributed by atoms with Gasteiger partial charge in [-0.3, -0.25) is 9.59 Å². The van der Waals surface area contributed by atoms with Gasteiger partial charge in [-0.25, -0.2) is 0 Å². The van der Waals surface area contributed by atoms with Gasteiger partial charge in [0.2, 0.25) is 5.91 Å². The second-order valence-corrected chi connectivity index (χ2v) is 18.2. The lowest BCUT2D eigenvalue weighted by atomic mass is 10.1. The van der Waals surface area contributed by atoms with Crippen LogP contribution in [0.15, 0.2) is 36.5 Å². The normalized spacial score (nSPS) is 12.9. The number of esters is 1. The van der Waals surface area contributed by atoms with Crippen LogP contribution >= 0.6 is 0 Å². The highest BCUT2D eigenvalue weighted by atomic mass is 16.5. The number of aliphatic hydroxyl groups excluding tert-OH is 2. The number of carbonyl (C=O) groups excluding carboxylic acids is 2. The van der Waals surface area contributed by atoms with Crippen LogP contribution in [0.3, 0.4) is 0 Å². The van der Waals surface area contributed by atoms with E-state index in [2.05, 4.69) is 43.5 Å². The van der Waals surface area contributed by atoms with Crippen molar-refractivity contribution in [2.45, 2.75) is 289 Å². The number of hydrogen-bond donors (Lipinski definition) is 3. The van der Waals surface area contributed by atoms with Crippen LogP contribution in [0.25, 0.3) is 0 Å². The van der Waals surface area contributed by atoms with E-state index >= 15 is 0 Å². The Hall–Kier alpha value is -1.92. The average Bonchev–Trinajstić information content (AvgIpc) is 3.26. The molecule has 6 heteroatoms. The molecule has 0 spiro atoms. The van der Waals surface area contributed by atoms with Crippen LogP contribution in [0, 0.1) is 0 Å². The first-order chi connectivity index (χ1) is 30.0. The van der Waals surface area contributed by atoms with Gasteiger partial charge in [0.1, 0.15) is 0 Å². The van der Waals surface area contributed by atoms with Crippen molar-refractivity contribution >= 4 is 11.9 Å². The van der Waals surface area contributed by atoms with Crippen molar-refractivity contribution in [1.29, 1.82) is 0 Å². The Morgan fingerprint density at radius 2 is 0.770 bits per heavy atom. The van der Waals surface area contributed by atoms with Gasteiger partial charge in [-0.05, 0) is 83.5 Å². The number of ether oxygens (including phenoxy) is 1. The molecule has 2 atom stereocenters. The van der Waals surface area contributed by atoms with Crippen molar-refractivity contribution in [3.05, 3.63) is 36.5 Å². The molecule has 0 rings (SSSR count). The number of rotatable bonds is 49. The first kappa shape index (κ1) is 59.1. The molecule has 0 aliphatic heterocycles. The van der Waals surface area contributed by atoms with Gasteiger partial charge >= 0.3 is 5.97 Å². The summed E-state index contributed by atoms with van der Waals surface area (Å²) in [6, 6.07) is -0.638. The molecule has 0 aromatic carbocycles. The highest BCUT2D eigenvalue weighted by Gasteiger charge is 2.18. The minimum atomic E-state index is -0.853. The standard InChI is InChI=1S/C55H103NO5/c1-3-5-7-9-11-13-15-16-17-18-19-23-26-29-33-37-41-45-49-55(60)61-50-46-42-38-34-30-27-24-21-20-22-25-28-32-36-40-44-48-54(59)56-52(51-57)53(58)47-43-39-35-31-14-12-10-8-6-4-2/h17-18,20,22,43,47,52-53,57-58H,3-16,19,21,23-42,44-46,48-51H2,1-2H3,(H,56,59)/b18-17-,22-20-,47-43+. The third-order valence-corrected chi connectivity index (χ3v) is 12.1. The molecule has 0 radical (unpaired) electrons. The van der Waals surface area contributed by atoms with Gasteiger partial charge in [0, 0.05) is 12.8 Å². The number of allylic oxidation sites excluding steroid dienone is 5. The molecule has 0 heterocycles. The Labute approximate surface area is 379 Å². The number of carbonyl (C=O) groups is 2. The number of aliphatic hydroxyl groups is 2. The smallest absolute Gasteiger partial charge is 0.305 e. The summed E-state index contributed by atoms with van der Waals surface area (Å²) in [5.74, 6) is -0.0954. The summed E-state index contributed by atoms with van der Waals surface area (Å²) >= 11 is 0. The van der Waals surface area contributed by atoms with Crippen LogP contribution in [0.2, 0.25) is 0 Å². The van der Waals surface area contributed by atoms with Gasteiger partial charge in [-0.1, -0.05) is 217 Å². The third-order valence-electron chi connectivity index (χ3n) is 12.1. The molecule has 3 N–H and O–H groups in total. The van der Waals surface area contributed by atoms with Gasteiger partial charge in [-0.15, -0.1) is 0 Å². The van der Waals surface area contributed by atoms with E-state index in [1.165, 1.54) is 186 Å². The number of nitrogens with one attached hydrogen (secondary N) is 1. The topological polar surface area (TPSA) is 95.9 Å². The van der Waals surface area contributed by atoms with E-state index in [0.717, 1.165) is 64.2 Å². The molecule has 0 aliphatic carbocycles. The maximum atomic E-state index is 12.4. The van der Waals surface area contributed by atoms with E-state index in [1.54, 1.807) is 6.08 Å². The van der Waals surface area contributed by atoms with Crippen molar-refractivity contribution < 1.29 is 24.5 Å². The molecule has 0 aromatic heterocycles. The van der Waals surface area contributed by atoms with Gasteiger partial charge in [0.15, 0.2) is 0 Å². The van der Waals surface area contributed by atoms with Gasteiger partial charge < -0.3 is 20.3 Å². The van der Waals surface area contributed by atoms with Gasteiger partial charge in [0.05, 0.1) is 25.4 Å². The van der Waals surface area contributed by atoms with E-state index in [4.69, 9.17) is 4.74 Å². The summed E-state index contributed by atoms with van der Waals surface area (Å²) in [6.07, 6.45) is 61.6. The Balaban J connectivity index is 3.46. The summed E-state index contributed by atoms with van der Waals surface area (Å²) in [5.41, 5.74) is 0. The Morgan fingerprint density at radius 1 is 0.443 bits per heavy atom. The molecule has 0 saturated carbocycles. The largest absolute Gasteiger partial charge is 0.466 e. The molecule has 0 saturated heterocycles. The monoisotopic (exact) mass is 858 g/mol. The molecule has 1 amide bonds. The summed E-state index contributed by atoms with van der Waals surface area (Å²) in [6.45, 7) is 4.85. The summed E-state index contributed by atoms with van der Waals surface area (Å²) in [5, 5.41) is 22.9. The van der Waals surface area contributed by atoms with E-state index in [0.29, 0.717) is 19.4 Å². The van der Waals surface area contributed by atoms with Crippen molar-refractivity contribution in [3.63, 3.8) is 0 Å². The quantitative estimate of drug-likeness (QED) is 0.0322. The average molecular weight is 858 g/mol. The maximum absolute atomic E-state index is 12.4. The molecular formula is C55H103NO5. The molecular weight excluding hydrogens is 755 g/mol. The van der Waals surface area contributed by atoms with Crippen LogP contribution in [-0.4, -0.2) is 47.4 Å². The lowest BCUT2D eigenvalue weighted by Gasteiger charge is -2.20. The highest BCUT2D eigenvalue weighted by molar-refractivity contribution is 5.76. The SMILES string of the molecule is CCCCCCCCC/C=C\CCCCCCCCCC(=O)OCCCCCCCCC/C=C\CCCCCCCC(=O)NC(CO)C(O)/C=C/CCCCCCCCCC. The van der Waals surface area contributed by atoms with Crippen molar-refractivity contribution in [1.82, 2.24) is 5.32 Å². The second-order valence-electron chi connectivity index (χ2n) is 18.2. The van der Waals surface area contributed by atoms with E-state index in [9.17, 15) is 19.8 Å². The molecule has 6 nitrogen and oxygen atoms in total. The lowest BCUT2D eigenvalue weighted by molar-refractivity contribution is -0.143. The van der Waals surface area contributed by atoms with E-state index in [1.807, 2.05) is 6.08 Å². The zero-order chi connectivity index (χ0) is 44.4. The summed E-state index contributed by atoms with van der Waals surface area (Å²) in [4.78, 5) is 24.4. The van der Waals surface area contributed by atoms with Crippen molar-refractivity contribution in [2.75, 3.05) is 13.2 Å². The third kappa shape index (κ3) is 47.4. The van der Waals surface area contributed by atoms with Gasteiger partial charge in [-0.2, -0.15) is 0 Å². The molecule has 358 valence electrons. The minimum absolute atomic E-state index is 0.00754. The highest BCUT2D eigenvalue weighted by Crippen LogP contribution is 2.15. The Morgan fingerprint density at radius 3 is 1.16 bits per heavy atom. The van der Waals surface area contributed by atoms with Crippen molar-refractivity contribution in [2.24, 2.45) is 0 Å². The first-order valence-electron chi connectivity index (χ1n) is 26.8. The van der Waals surface area contributed by atoms with Crippen LogP contribution < -0.4 is 5.32 Å². The number of hydrogen-bond acceptors (Lipinski definition) is 5. The fraction of sp³-hybridized carbons (Fsp3) is 0.855. The predicted molar refractivity (Wildman–Crippen MR) is 264 cm³/mol. The molecule has 2 unspecified atom stereocenters.